The number of aryl methyl sites for hydroxylation is 3. The summed E-state index contributed by atoms with van der Waals surface area (Å²) in [7, 11) is 0. The molecular formula is C20H22N4O3S. The van der Waals surface area contributed by atoms with Crippen molar-refractivity contribution in [3.05, 3.63) is 62.0 Å². The Labute approximate surface area is 166 Å². The minimum atomic E-state index is -0.215. The van der Waals surface area contributed by atoms with Gasteiger partial charge in [-0.05, 0) is 46.2 Å². The first-order chi connectivity index (χ1) is 13.3. The van der Waals surface area contributed by atoms with E-state index in [1.165, 1.54) is 22.9 Å². The number of hydrogen-bond acceptors (Lipinski definition) is 5. The summed E-state index contributed by atoms with van der Waals surface area (Å²) in [5.74, 6) is -0.277. The van der Waals surface area contributed by atoms with Crippen molar-refractivity contribution in [1.82, 2.24) is 14.8 Å². The molecule has 0 saturated heterocycles. The smallest absolute Gasteiger partial charge is 0.276 e. The molecule has 0 unspecified atom stereocenters. The van der Waals surface area contributed by atoms with Gasteiger partial charge in [-0.3, -0.25) is 19.5 Å². The third kappa shape index (κ3) is 4.12. The van der Waals surface area contributed by atoms with Crippen molar-refractivity contribution >= 4 is 28.7 Å². The van der Waals surface area contributed by atoms with Gasteiger partial charge in [-0.15, -0.1) is 0 Å². The van der Waals surface area contributed by atoms with Gasteiger partial charge in [0.2, 0.25) is 11.0 Å². The fourth-order valence-corrected chi connectivity index (χ4v) is 3.71. The Morgan fingerprint density at radius 1 is 1.25 bits per heavy atom. The summed E-state index contributed by atoms with van der Waals surface area (Å²) in [5, 5.41) is 6.42. The zero-order valence-electron chi connectivity index (χ0n) is 16.3. The number of rotatable bonds is 6. The zero-order chi connectivity index (χ0) is 20.4. The highest BCUT2D eigenvalue weighted by molar-refractivity contribution is 7.14. The lowest BCUT2D eigenvalue weighted by molar-refractivity contribution is -0.116. The van der Waals surface area contributed by atoms with Crippen molar-refractivity contribution in [2.24, 2.45) is 0 Å². The van der Waals surface area contributed by atoms with Crippen molar-refractivity contribution in [3.63, 3.8) is 0 Å². The molecule has 146 valence electrons. The minimum absolute atomic E-state index is 0.0627. The van der Waals surface area contributed by atoms with Gasteiger partial charge in [0.25, 0.3) is 5.56 Å². The molecule has 2 aromatic heterocycles. The monoisotopic (exact) mass is 398 g/mol. The van der Waals surface area contributed by atoms with E-state index in [-0.39, 0.29) is 23.7 Å². The second kappa shape index (κ2) is 7.93. The van der Waals surface area contributed by atoms with E-state index < -0.39 is 0 Å². The Kier molecular flexibility index (Phi) is 5.60. The Balaban J connectivity index is 1.71. The summed E-state index contributed by atoms with van der Waals surface area (Å²) in [6, 6.07) is 6.79. The average molecular weight is 398 g/mol. The minimum Gasteiger partial charge on any atom is -0.326 e. The molecule has 0 fully saturated rings. The summed E-state index contributed by atoms with van der Waals surface area (Å²) >= 11 is 1.45. The van der Waals surface area contributed by atoms with E-state index in [4.69, 9.17) is 0 Å². The van der Waals surface area contributed by atoms with Crippen LogP contribution in [0.1, 0.15) is 45.5 Å². The number of amides is 1. The van der Waals surface area contributed by atoms with Crippen LogP contribution in [0.15, 0.2) is 29.1 Å². The maximum atomic E-state index is 12.7. The van der Waals surface area contributed by atoms with Crippen molar-refractivity contribution in [2.45, 2.75) is 40.5 Å². The SMILES string of the molecule is CC(=O)c1cccc(NC(=O)CCc2c(C)[nH]n(-c3nc(C)c(C)s3)c2=O)c1. The molecule has 7 nitrogen and oxygen atoms in total. The molecule has 1 amide bonds. The molecule has 8 heteroatoms. The maximum absolute atomic E-state index is 12.7. The van der Waals surface area contributed by atoms with E-state index in [0.29, 0.717) is 28.4 Å². The van der Waals surface area contributed by atoms with Crippen LogP contribution in [-0.2, 0) is 11.2 Å². The molecular weight excluding hydrogens is 376 g/mol. The highest BCUT2D eigenvalue weighted by Crippen LogP contribution is 2.19. The van der Waals surface area contributed by atoms with Crippen molar-refractivity contribution < 1.29 is 9.59 Å². The number of ketones is 1. The first-order valence-electron chi connectivity index (χ1n) is 8.92. The Morgan fingerprint density at radius 3 is 2.64 bits per heavy atom. The van der Waals surface area contributed by atoms with Gasteiger partial charge < -0.3 is 5.32 Å². The molecule has 0 radical (unpaired) electrons. The van der Waals surface area contributed by atoms with Gasteiger partial charge in [-0.1, -0.05) is 23.5 Å². The molecule has 0 saturated carbocycles. The van der Waals surface area contributed by atoms with E-state index in [0.717, 1.165) is 16.3 Å². The van der Waals surface area contributed by atoms with Crippen LogP contribution in [0.25, 0.3) is 5.13 Å². The van der Waals surface area contributed by atoms with Gasteiger partial charge >= 0.3 is 0 Å². The molecule has 0 aliphatic heterocycles. The van der Waals surface area contributed by atoms with Gasteiger partial charge in [0, 0.05) is 33.8 Å². The largest absolute Gasteiger partial charge is 0.326 e. The molecule has 28 heavy (non-hydrogen) atoms. The van der Waals surface area contributed by atoms with Crippen molar-refractivity contribution in [1.29, 1.82) is 0 Å². The highest BCUT2D eigenvalue weighted by atomic mass is 32.1. The number of H-pyrrole nitrogens is 1. The van der Waals surface area contributed by atoms with Gasteiger partial charge in [0.1, 0.15) is 0 Å². The van der Waals surface area contributed by atoms with Gasteiger partial charge in [0.15, 0.2) is 5.78 Å². The van der Waals surface area contributed by atoms with Crippen molar-refractivity contribution in [3.8, 4) is 5.13 Å². The Bertz CT molecular complexity index is 1090. The van der Waals surface area contributed by atoms with Gasteiger partial charge in [0.05, 0.1) is 5.69 Å². The lowest BCUT2D eigenvalue weighted by Gasteiger charge is -2.06. The van der Waals surface area contributed by atoms with Crippen LogP contribution in [0.2, 0.25) is 0 Å². The van der Waals surface area contributed by atoms with E-state index in [9.17, 15) is 14.4 Å². The predicted molar refractivity (Wildman–Crippen MR) is 110 cm³/mol. The van der Waals surface area contributed by atoms with Crippen LogP contribution in [0.3, 0.4) is 0 Å². The second-order valence-corrected chi connectivity index (χ2v) is 7.86. The molecule has 0 atom stereocenters. The first kappa shape index (κ1) is 19.8. The highest BCUT2D eigenvalue weighted by Gasteiger charge is 2.16. The molecule has 0 spiro atoms. The van der Waals surface area contributed by atoms with Gasteiger partial charge in [-0.25, -0.2) is 4.98 Å². The summed E-state index contributed by atoms with van der Waals surface area (Å²) in [6.07, 6.45) is 0.476. The number of Topliss-reactive ketones (excluding diaryl/α,β-unsaturated/α-hetero) is 1. The summed E-state index contributed by atoms with van der Waals surface area (Å²) in [5.41, 5.74) is 3.11. The molecule has 2 heterocycles. The third-order valence-electron chi connectivity index (χ3n) is 4.56. The van der Waals surface area contributed by atoms with Crippen molar-refractivity contribution in [2.75, 3.05) is 5.32 Å². The van der Waals surface area contributed by atoms with Crippen LogP contribution in [-0.4, -0.2) is 26.5 Å². The maximum Gasteiger partial charge on any atom is 0.276 e. The molecule has 0 aliphatic carbocycles. The van der Waals surface area contributed by atoms with E-state index in [2.05, 4.69) is 15.4 Å². The lowest BCUT2D eigenvalue weighted by atomic mass is 10.1. The molecule has 0 aliphatic rings. The van der Waals surface area contributed by atoms with Crippen LogP contribution in [0.4, 0.5) is 5.69 Å². The lowest BCUT2D eigenvalue weighted by Crippen LogP contribution is -2.19. The topological polar surface area (TPSA) is 96.8 Å². The number of anilines is 1. The molecule has 3 aromatic rings. The van der Waals surface area contributed by atoms with E-state index in [1.807, 2.05) is 20.8 Å². The third-order valence-corrected chi connectivity index (χ3v) is 5.61. The summed E-state index contributed by atoms with van der Waals surface area (Å²) < 4.78 is 1.43. The number of nitrogens with zero attached hydrogens (tertiary/aromatic N) is 2. The Hall–Kier alpha value is -3.00. The molecule has 3 rings (SSSR count). The number of aromatic amines is 1. The number of thiazole rings is 1. The second-order valence-electron chi connectivity index (χ2n) is 6.68. The zero-order valence-corrected chi connectivity index (χ0v) is 17.1. The number of hydrogen-bond donors (Lipinski definition) is 2. The average Bonchev–Trinajstić information content (AvgIpc) is 3.12. The molecule has 0 bridgehead atoms. The van der Waals surface area contributed by atoms with Crippen LogP contribution >= 0.6 is 11.3 Å². The number of benzene rings is 1. The quantitative estimate of drug-likeness (QED) is 0.623. The first-order valence-corrected chi connectivity index (χ1v) is 9.73. The standard InChI is InChI=1S/C20H22N4O3S/c1-11-14(4)28-20(21-11)24-19(27)17(12(2)23-24)8-9-18(26)22-16-7-5-6-15(10-16)13(3)25/h5-7,10,23H,8-9H2,1-4H3,(H,22,26). The Morgan fingerprint density at radius 2 is 2.00 bits per heavy atom. The normalized spacial score (nSPS) is 10.9. The summed E-state index contributed by atoms with van der Waals surface area (Å²) in [6.45, 7) is 7.16. The molecule has 1 aromatic carbocycles. The fraction of sp³-hybridized carbons (Fsp3) is 0.300. The molecule has 2 N–H and O–H groups in total. The summed E-state index contributed by atoms with van der Waals surface area (Å²) in [4.78, 5) is 41.9. The van der Waals surface area contributed by atoms with E-state index >= 15 is 0 Å². The fourth-order valence-electron chi connectivity index (χ4n) is 2.84. The van der Waals surface area contributed by atoms with Crippen LogP contribution in [0, 0.1) is 20.8 Å². The predicted octanol–water partition coefficient (Wildman–Crippen LogP) is 3.32. The number of carbonyl (C=O) groups is 2. The van der Waals surface area contributed by atoms with Crippen LogP contribution < -0.4 is 10.9 Å². The van der Waals surface area contributed by atoms with Gasteiger partial charge in [-0.2, -0.15) is 4.68 Å². The van der Waals surface area contributed by atoms with Crippen LogP contribution in [0.5, 0.6) is 0 Å². The number of nitrogens with one attached hydrogen (secondary N) is 2. The van der Waals surface area contributed by atoms with E-state index in [1.54, 1.807) is 24.3 Å². The number of carbonyl (C=O) groups excluding carboxylic acids is 2. The number of aromatic nitrogens is 3.